The molecule has 2 heterocycles. The molecule has 0 bridgehead atoms. The van der Waals surface area contributed by atoms with E-state index in [2.05, 4.69) is 15.3 Å². The van der Waals surface area contributed by atoms with Crippen LogP contribution in [0, 0.1) is 6.92 Å². The minimum absolute atomic E-state index is 0.120. The highest BCUT2D eigenvalue weighted by Gasteiger charge is 2.13. The first-order valence-electron chi connectivity index (χ1n) is 7.96. The summed E-state index contributed by atoms with van der Waals surface area (Å²) in [6.45, 7) is 2.72. The number of hydrogen-bond acceptors (Lipinski definition) is 4. The SMILES string of the molecule is Cc1ccnc(NC(=O)CN(C)Cc2c(Cl)ccc3cccnc23)c1. The lowest BCUT2D eigenvalue weighted by molar-refractivity contribution is -0.117. The molecule has 0 radical (unpaired) electrons. The Morgan fingerprint density at radius 1 is 1.20 bits per heavy atom. The normalized spacial score (nSPS) is 11.0. The number of pyridine rings is 2. The van der Waals surface area contributed by atoms with Crippen molar-refractivity contribution in [3.05, 3.63) is 64.9 Å². The standard InChI is InChI=1S/C19H19ClN4O/c1-13-7-9-21-17(10-13)23-18(25)12-24(2)11-15-16(20)6-5-14-4-3-8-22-19(14)15/h3-10H,11-12H2,1-2H3,(H,21,23,25). The molecule has 0 aliphatic heterocycles. The quantitative estimate of drug-likeness (QED) is 0.759. The summed E-state index contributed by atoms with van der Waals surface area (Å²) in [6, 6.07) is 11.4. The summed E-state index contributed by atoms with van der Waals surface area (Å²) in [5, 5.41) is 4.49. The van der Waals surface area contributed by atoms with Crippen LogP contribution in [0.2, 0.25) is 5.02 Å². The van der Waals surface area contributed by atoms with Gasteiger partial charge >= 0.3 is 0 Å². The molecule has 25 heavy (non-hydrogen) atoms. The number of nitrogens with zero attached hydrogens (tertiary/aromatic N) is 3. The zero-order chi connectivity index (χ0) is 17.8. The van der Waals surface area contributed by atoms with Crippen LogP contribution in [0.4, 0.5) is 5.82 Å². The molecule has 6 heteroatoms. The summed E-state index contributed by atoms with van der Waals surface area (Å²) in [7, 11) is 1.88. The molecule has 0 saturated carbocycles. The maximum absolute atomic E-state index is 12.2. The van der Waals surface area contributed by atoms with Gasteiger partial charge in [0.15, 0.2) is 0 Å². The molecule has 2 aromatic heterocycles. The predicted molar refractivity (Wildman–Crippen MR) is 101 cm³/mol. The summed E-state index contributed by atoms with van der Waals surface area (Å²) < 4.78 is 0. The van der Waals surface area contributed by atoms with Gasteiger partial charge in [0.05, 0.1) is 12.1 Å². The third-order valence-electron chi connectivity index (χ3n) is 3.85. The van der Waals surface area contributed by atoms with Crippen LogP contribution in [0.1, 0.15) is 11.1 Å². The summed E-state index contributed by atoms with van der Waals surface area (Å²) in [6.07, 6.45) is 3.43. The average Bonchev–Trinajstić information content (AvgIpc) is 2.57. The monoisotopic (exact) mass is 354 g/mol. The zero-order valence-corrected chi connectivity index (χ0v) is 14.9. The van der Waals surface area contributed by atoms with Gasteiger partial charge in [-0.2, -0.15) is 0 Å². The molecule has 0 aliphatic rings. The Labute approximate surface area is 151 Å². The fraction of sp³-hybridized carbons (Fsp3) is 0.211. The van der Waals surface area contributed by atoms with Gasteiger partial charge in [-0.25, -0.2) is 4.98 Å². The molecule has 0 spiro atoms. The highest BCUT2D eigenvalue weighted by molar-refractivity contribution is 6.32. The minimum Gasteiger partial charge on any atom is -0.310 e. The number of halogens is 1. The number of aromatic nitrogens is 2. The maximum Gasteiger partial charge on any atom is 0.239 e. The van der Waals surface area contributed by atoms with Crippen molar-refractivity contribution in [1.29, 1.82) is 0 Å². The first kappa shape index (κ1) is 17.3. The van der Waals surface area contributed by atoms with Crippen LogP contribution in [-0.2, 0) is 11.3 Å². The van der Waals surface area contributed by atoms with E-state index < -0.39 is 0 Å². The van der Waals surface area contributed by atoms with Crippen molar-refractivity contribution in [3.63, 3.8) is 0 Å². The van der Waals surface area contributed by atoms with E-state index in [1.54, 1.807) is 12.4 Å². The topological polar surface area (TPSA) is 58.1 Å². The van der Waals surface area contributed by atoms with Crippen molar-refractivity contribution in [2.75, 3.05) is 18.9 Å². The molecule has 0 atom stereocenters. The van der Waals surface area contributed by atoms with Crippen molar-refractivity contribution in [2.24, 2.45) is 0 Å². The van der Waals surface area contributed by atoms with E-state index in [-0.39, 0.29) is 12.5 Å². The van der Waals surface area contributed by atoms with Crippen LogP contribution in [0.15, 0.2) is 48.8 Å². The average molecular weight is 355 g/mol. The van der Waals surface area contributed by atoms with E-state index in [9.17, 15) is 4.79 Å². The lowest BCUT2D eigenvalue weighted by Crippen LogP contribution is -2.30. The number of carbonyl (C=O) groups is 1. The Bertz CT molecular complexity index is 913. The van der Waals surface area contributed by atoms with Gasteiger partial charge < -0.3 is 5.32 Å². The largest absolute Gasteiger partial charge is 0.310 e. The third-order valence-corrected chi connectivity index (χ3v) is 4.20. The van der Waals surface area contributed by atoms with Crippen molar-refractivity contribution < 1.29 is 4.79 Å². The second kappa shape index (κ2) is 7.59. The zero-order valence-electron chi connectivity index (χ0n) is 14.2. The summed E-state index contributed by atoms with van der Waals surface area (Å²) in [5.41, 5.74) is 2.83. The highest BCUT2D eigenvalue weighted by atomic mass is 35.5. The number of carbonyl (C=O) groups excluding carboxylic acids is 1. The van der Waals surface area contributed by atoms with Crippen LogP contribution >= 0.6 is 11.6 Å². The van der Waals surface area contributed by atoms with Gasteiger partial charge in [-0.15, -0.1) is 0 Å². The van der Waals surface area contributed by atoms with E-state index in [1.807, 2.05) is 55.3 Å². The van der Waals surface area contributed by atoms with Crippen molar-refractivity contribution in [1.82, 2.24) is 14.9 Å². The number of likely N-dealkylation sites (N-methyl/N-ethyl adjacent to an activating group) is 1. The molecule has 3 aromatic rings. The molecule has 0 saturated heterocycles. The van der Waals surface area contributed by atoms with E-state index >= 15 is 0 Å². The number of fused-ring (bicyclic) bond motifs is 1. The molecular weight excluding hydrogens is 336 g/mol. The Kier molecular flexibility index (Phi) is 5.26. The second-order valence-corrected chi connectivity index (χ2v) is 6.45. The van der Waals surface area contributed by atoms with E-state index in [0.717, 1.165) is 22.0 Å². The Morgan fingerprint density at radius 2 is 2.04 bits per heavy atom. The van der Waals surface area contributed by atoms with Crippen LogP contribution in [0.25, 0.3) is 10.9 Å². The highest BCUT2D eigenvalue weighted by Crippen LogP contribution is 2.25. The van der Waals surface area contributed by atoms with Crippen molar-refractivity contribution in [2.45, 2.75) is 13.5 Å². The molecule has 1 amide bonds. The number of anilines is 1. The Balaban J connectivity index is 1.69. The van der Waals surface area contributed by atoms with Crippen molar-refractivity contribution in [3.8, 4) is 0 Å². The fourth-order valence-corrected chi connectivity index (χ4v) is 2.90. The lowest BCUT2D eigenvalue weighted by atomic mass is 10.1. The molecule has 3 rings (SSSR count). The smallest absolute Gasteiger partial charge is 0.239 e. The molecule has 0 fully saturated rings. The van der Waals surface area contributed by atoms with Crippen molar-refractivity contribution >= 4 is 34.2 Å². The van der Waals surface area contributed by atoms with Crippen LogP contribution in [-0.4, -0.2) is 34.4 Å². The van der Waals surface area contributed by atoms with Gasteiger partial charge in [0, 0.05) is 34.9 Å². The number of aryl methyl sites for hydroxylation is 1. The van der Waals surface area contributed by atoms with Gasteiger partial charge in [0.1, 0.15) is 5.82 Å². The third kappa shape index (κ3) is 4.32. The van der Waals surface area contributed by atoms with Crippen LogP contribution < -0.4 is 5.32 Å². The number of benzene rings is 1. The van der Waals surface area contributed by atoms with Crippen LogP contribution in [0.3, 0.4) is 0 Å². The van der Waals surface area contributed by atoms with Gasteiger partial charge in [0.2, 0.25) is 5.91 Å². The number of amides is 1. The molecule has 128 valence electrons. The predicted octanol–water partition coefficient (Wildman–Crippen LogP) is 3.66. The summed E-state index contributed by atoms with van der Waals surface area (Å²) in [4.78, 5) is 22.7. The van der Waals surface area contributed by atoms with Gasteiger partial charge in [-0.1, -0.05) is 23.7 Å². The van der Waals surface area contributed by atoms with E-state index in [4.69, 9.17) is 11.6 Å². The van der Waals surface area contributed by atoms with E-state index in [0.29, 0.717) is 17.4 Å². The molecular formula is C19H19ClN4O. The number of rotatable bonds is 5. The van der Waals surface area contributed by atoms with Crippen LogP contribution in [0.5, 0.6) is 0 Å². The van der Waals surface area contributed by atoms with Gasteiger partial charge in [0.25, 0.3) is 0 Å². The van der Waals surface area contributed by atoms with Gasteiger partial charge in [-0.3, -0.25) is 14.7 Å². The molecule has 0 unspecified atom stereocenters. The Hall–Kier alpha value is -2.50. The lowest BCUT2D eigenvalue weighted by Gasteiger charge is -2.18. The first-order valence-corrected chi connectivity index (χ1v) is 8.34. The summed E-state index contributed by atoms with van der Waals surface area (Å²) >= 11 is 6.35. The second-order valence-electron chi connectivity index (χ2n) is 6.04. The molecule has 1 N–H and O–H groups in total. The number of nitrogens with one attached hydrogen (secondary N) is 1. The Morgan fingerprint density at radius 3 is 2.84 bits per heavy atom. The molecule has 1 aromatic carbocycles. The number of hydrogen-bond donors (Lipinski definition) is 1. The van der Waals surface area contributed by atoms with E-state index in [1.165, 1.54) is 0 Å². The molecule has 5 nitrogen and oxygen atoms in total. The first-order chi connectivity index (χ1) is 12.0. The summed E-state index contributed by atoms with van der Waals surface area (Å²) in [5.74, 6) is 0.438. The van der Waals surface area contributed by atoms with Gasteiger partial charge in [-0.05, 0) is 43.8 Å². The fourth-order valence-electron chi connectivity index (χ4n) is 2.69. The maximum atomic E-state index is 12.2. The minimum atomic E-state index is -0.120. The molecule has 0 aliphatic carbocycles.